The van der Waals surface area contributed by atoms with Gasteiger partial charge in [-0.2, -0.15) is 0 Å². The number of hydrogen-bond donors (Lipinski definition) is 0. The Morgan fingerprint density at radius 1 is 1.45 bits per heavy atom. The van der Waals surface area contributed by atoms with Gasteiger partial charge in [-0.3, -0.25) is 0 Å². The lowest BCUT2D eigenvalue weighted by atomic mass is 9.47. The Hall–Kier alpha value is -0.0800. The molecule has 11 heavy (non-hydrogen) atoms. The van der Waals surface area contributed by atoms with Crippen LogP contribution in [0, 0.1) is 5.41 Å². The van der Waals surface area contributed by atoms with Crippen LogP contribution in [0.25, 0.3) is 0 Å². The van der Waals surface area contributed by atoms with Crippen LogP contribution in [0.4, 0.5) is 0 Å². The van der Waals surface area contributed by atoms with Crippen molar-refractivity contribution in [3.63, 3.8) is 0 Å². The fourth-order valence-corrected chi connectivity index (χ4v) is 3.00. The van der Waals surface area contributed by atoms with Crippen LogP contribution in [0.3, 0.4) is 0 Å². The van der Waals surface area contributed by atoms with Crippen molar-refractivity contribution in [2.45, 2.75) is 37.4 Å². The lowest BCUT2D eigenvalue weighted by Gasteiger charge is -2.59. The van der Waals surface area contributed by atoms with Crippen LogP contribution in [0.1, 0.15) is 25.7 Å². The number of methoxy groups -OCH3 is 1. The molecule has 2 unspecified atom stereocenters. The van der Waals surface area contributed by atoms with Crippen molar-refractivity contribution in [2.24, 2.45) is 5.41 Å². The number of hydrogen-bond acceptors (Lipinski definition) is 2. The number of rotatable bonds is 1. The van der Waals surface area contributed by atoms with Crippen LogP contribution in [0.15, 0.2) is 0 Å². The van der Waals surface area contributed by atoms with Gasteiger partial charge in [0, 0.05) is 18.9 Å². The zero-order valence-corrected chi connectivity index (χ0v) is 6.93. The standard InChI is InChI=1S/C9H14O2/c1-10-7-5-9(6-11-9)8(7)3-2-4-8/h7H,2-6H2,1H3. The molecule has 2 atom stereocenters. The summed E-state index contributed by atoms with van der Waals surface area (Å²) >= 11 is 0. The summed E-state index contributed by atoms with van der Waals surface area (Å²) in [5.74, 6) is 0. The van der Waals surface area contributed by atoms with Gasteiger partial charge in [0.2, 0.25) is 0 Å². The maximum Gasteiger partial charge on any atom is 0.102 e. The van der Waals surface area contributed by atoms with Crippen LogP contribution < -0.4 is 0 Å². The first-order chi connectivity index (χ1) is 5.33. The zero-order chi connectivity index (χ0) is 7.53. The average Bonchev–Trinajstić information content (AvgIpc) is 2.59. The van der Waals surface area contributed by atoms with Gasteiger partial charge in [-0.25, -0.2) is 0 Å². The molecule has 2 heteroatoms. The van der Waals surface area contributed by atoms with Crippen LogP contribution in [-0.2, 0) is 9.47 Å². The molecule has 1 aliphatic heterocycles. The largest absolute Gasteiger partial charge is 0.381 e. The van der Waals surface area contributed by atoms with Crippen LogP contribution >= 0.6 is 0 Å². The second kappa shape index (κ2) is 1.64. The summed E-state index contributed by atoms with van der Waals surface area (Å²) in [6, 6.07) is 0. The fraction of sp³-hybridized carbons (Fsp3) is 1.00. The molecule has 2 saturated carbocycles. The molecule has 1 heterocycles. The highest BCUT2D eigenvalue weighted by Gasteiger charge is 2.75. The molecule has 2 spiro atoms. The third kappa shape index (κ3) is 0.510. The van der Waals surface area contributed by atoms with Gasteiger partial charge in [-0.05, 0) is 12.8 Å². The minimum atomic E-state index is 0.311. The summed E-state index contributed by atoms with van der Waals surface area (Å²) in [6.45, 7) is 1.01. The van der Waals surface area contributed by atoms with Gasteiger partial charge in [0.15, 0.2) is 0 Å². The minimum Gasteiger partial charge on any atom is -0.381 e. The van der Waals surface area contributed by atoms with Gasteiger partial charge in [0.1, 0.15) is 5.60 Å². The van der Waals surface area contributed by atoms with E-state index in [9.17, 15) is 0 Å². The van der Waals surface area contributed by atoms with Crippen molar-refractivity contribution in [2.75, 3.05) is 13.7 Å². The van der Waals surface area contributed by atoms with E-state index in [1.54, 1.807) is 0 Å². The van der Waals surface area contributed by atoms with E-state index in [4.69, 9.17) is 9.47 Å². The van der Waals surface area contributed by atoms with Gasteiger partial charge < -0.3 is 9.47 Å². The Kier molecular flexibility index (Phi) is 0.961. The fourth-order valence-electron chi connectivity index (χ4n) is 3.00. The van der Waals surface area contributed by atoms with Gasteiger partial charge in [0.25, 0.3) is 0 Å². The molecule has 1 saturated heterocycles. The lowest BCUT2D eigenvalue weighted by Crippen LogP contribution is -2.64. The van der Waals surface area contributed by atoms with E-state index >= 15 is 0 Å². The molecule has 0 aromatic carbocycles. The Morgan fingerprint density at radius 2 is 2.18 bits per heavy atom. The Bertz CT molecular complexity index is 192. The zero-order valence-electron chi connectivity index (χ0n) is 6.93. The smallest absolute Gasteiger partial charge is 0.102 e. The minimum absolute atomic E-state index is 0.311. The predicted molar refractivity (Wildman–Crippen MR) is 40.4 cm³/mol. The van der Waals surface area contributed by atoms with E-state index in [0.29, 0.717) is 17.1 Å². The second-order valence-electron chi connectivity index (χ2n) is 4.22. The molecular weight excluding hydrogens is 140 g/mol. The van der Waals surface area contributed by atoms with Crippen molar-refractivity contribution in [1.82, 2.24) is 0 Å². The maximum absolute atomic E-state index is 5.54. The summed E-state index contributed by atoms with van der Waals surface area (Å²) < 4.78 is 11.0. The third-order valence-electron chi connectivity index (χ3n) is 4.06. The first-order valence-electron chi connectivity index (χ1n) is 4.50. The highest BCUT2D eigenvalue weighted by molar-refractivity contribution is 5.24. The molecule has 0 aromatic rings. The monoisotopic (exact) mass is 154 g/mol. The van der Waals surface area contributed by atoms with Gasteiger partial charge >= 0.3 is 0 Å². The molecule has 2 aliphatic carbocycles. The lowest BCUT2D eigenvalue weighted by molar-refractivity contribution is -0.194. The van der Waals surface area contributed by atoms with Crippen molar-refractivity contribution in [1.29, 1.82) is 0 Å². The van der Waals surface area contributed by atoms with Crippen LogP contribution in [0.5, 0.6) is 0 Å². The summed E-state index contributed by atoms with van der Waals surface area (Å²) in [5, 5.41) is 0. The Labute approximate surface area is 66.9 Å². The van der Waals surface area contributed by atoms with Gasteiger partial charge in [0.05, 0.1) is 12.7 Å². The highest BCUT2D eigenvalue weighted by atomic mass is 16.6. The van der Waals surface area contributed by atoms with Gasteiger partial charge in [-0.15, -0.1) is 0 Å². The molecule has 2 nitrogen and oxygen atoms in total. The van der Waals surface area contributed by atoms with E-state index in [1.165, 1.54) is 19.3 Å². The van der Waals surface area contributed by atoms with Crippen molar-refractivity contribution < 1.29 is 9.47 Å². The van der Waals surface area contributed by atoms with Crippen molar-refractivity contribution in [3.8, 4) is 0 Å². The summed E-state index contributed by atoms with van der Waals surface area (Å²) in [6.07, 6.45) is 5.73. The summed E-state index contributed by atoms with van der Waals surface area (Å²) in [4.78, 5) is 0. The molecule has 3 fully saturated rings. The molecule has 0 N–H and O–H groups in total. The summed E-state index contributed by atoms with van der Waals surface area (Å²) in [5.41, 5.74) is 0.785. The predicted octanol–water partition coefficient (Wildman–Crippen LogP) is 1.34. The molecule has 0 bridgehead atoms. The third-order valence-corrected chi connectivity index (χ3v) is 4.06. The normalized spacial score (nSPS) is 50.5. The molecule has 3 aliphatic rings. The number of fused-ring (bicyclic) bond motifs is 1. The van der Waals surface area contributed by atoms with Gasteiger partial charge in [-0.1, -0.05) is 6.42 Å². The number of ether oxygens (including phenoxy) is 2. The molecule has 62 valence electrons. The van der Waals surface area contributed by atoms with E-state index in [1.807, 2.05) is 7.11 Å². The van der Waals surface area contributed by atoms with E-state index in [2.05, 4.69) is 0 Å². The average molecular weight is 154 g/mol. The Balaban J connectivity index is 1.85. The van der Waals surface area contributed by atoms with Crippen LogP contribution in [0.2, 0.25) is 0 Å². The van der Waals surface area contributed by atoms with Crippen molar-refractivity contribution in [3.05, 3.63) is 0 Å². The first kappa shape index (κ1) is 6.44. The van der Waals surface area contributed by atoms with Crippen molar-refractivity contribution >= 4 is 0 Å². The maximum atomic E-state index is 5.54. The highest BCUT2D eigenvalue weighted by Crippen LogP contribution is 2.69. The SMILES string of the molecule is COC1CC2(CO2)C12CCC2. The second-order valence-corrected chi connectivity index (χ2v) is 4.22. The summed E-state index contributed by atoms with van der Waals surface area (Å²) in [7, 11) is 1.83. The van der Waals surface area contributed by atoms with E-state index in [0.717, 1.165) is 13.0 Å². The van der Waals surface area contributed by atoms with E-state index < -0.39 is 0 Å². The topological polar surface area (TPSA) is 21.8 Å². The first-order valence-corrected chi connectivity index (χ1v) is 4.50. The molecular formula is C9H14O2. The molecule has 0 aromatic heterocycles. The number of epoxide rings is 1. The van der Waals surface area contributed by atoms with E-state index in [-0.39, 0.29) is 0 Å². The molecule has 0 amide bonds. The Morgan fingerprint density at radius 3 is 2.55 bits per heavy atom. The quantitative estimate of drug-likeness (QED) is 0.532. The van der Waals surface area contributed by atoms with Crippen LogP contribution in [-0.4, -0.2) is 25.4 Å². The molecule has 3 rings (SSSR count). The molecule has 0 radical (unpaired) electrons.